The van der Waals surface area contributed by atoms with Gasteiger partial charge < -0.3 is 19.1 Å². The molecule has 0 unspecified atom stereocenters. The molecule has 0 saturated carbocycles. The minimum absolute atomic E-state index is 0.0683. The lowest BCUT2D eigenvalue weighted by atomic mass is 9.34. The van der Waals surface area contributed by atoms with Crippen LogP contribution in [0, 0.1) is 22.7 Å². The van der Waals surface area contributed by atoms with Gasteiger partial charge in [-0.1, -0.05) is 224 Å². The normalized spacial score (nSPS) is 12.9. The quantitative estimate of drug-likeness (QED) is 0.135. The number of anilines is 6. The van der Waals surface area contributed by atoms with Gasteiger partial charge in [0.15, 0.2) is 0 Å². The van der Waals surface area contributed by atoms with Crippen LogP contribution in [0.3, 0.4) is 0 Å². The second-order valence-corrected chi connectivity index (χ2v) is 34.0. The highest BCUT2D eigenvalue weighted by Crippen LogP contribution is 2.51. The van der Waals surface area contributed by atoms with E-state index in [-0.39, 0.29) is 54.4 Å². The summed E-state index contributed by atoms with van der Waals surface area (Å²) in [6, 6.07) is 83.0. The van der Waals surface area contributed by atoms with Crippen molar-refractivity contribution in [3.8, 4) is 73.8 Å². The van der Waals surface area contributed by atoms with Crippen LogP contribution in [0.1, 0.15) is 143 Å². The van der Waals surface area contributed by atoms with Crippen LogP contribution in [0.25, 0.3) is 72.0 Å². The maximum atomic E-state index is 11.2. The number of nitrogens with zero attached hydrogens (tertiary/aromatic N) is 5. The van der Waals surface area contributed by atoms with Gasteiger partial charge in [0.25, 0.3) is 6.71 Å². The number of rotatable bonds is 9. The molecule has 15 rings (SSSR count). The fourth-order valence-corrected chi connectivity index (χ4v) is 15.5. The molecule has 0 amide bonds. The SMILES string of the molecule is [B]c1c([B])c([B])c(N(c2ccccc2)c2ccc(C#N)cc2-c2ccc3c(c2)N(c2ccc(C(C)(C)C)cc2-c2ccccc2)c2cc(-c4cc(C(C)(C)C)cc(C(C)(C)C)c4)cc4c2B3c2ccc(-c3cc(-n5c6ccc(C(C)(C)C)cc6c6cc(C(C)(C)C)ccc65)ccc3C#N)cc2O4)c([B])c1[B]. The van der Waals surface area contributed by atoms with Crippen molar-refractivity contribution < 1.29 is 4.74 Å². The van der Waals surface area contributed by atoms with Crippen LogP contribution in [0.2, 0.25) is 0 Å². The van der Waals surface area contributed by atoms with Crippen LogP contribution in [-0.2, 0) is 27.1 Å². The molecular weight excluding hydrogens is 1280 g/mol. The zero-order valence-corrected chi connectivity index (χ0v) is 63.4. The van der Waals surface area contributed by atoms with E-state index in [1.54, 1.807) is 6.07 Å². The zero-order chi connectivity index (χ0) is 75.2. The maximum absolute atomic E-state index is 11.2. The lowest BCUT2D eigenvalue weighted by molar-refractivity contribution is 0.488. The second kappa shape index (κ2) is 25.8. The summed E-state index contributed by atoms with van der Waals surface area (Å²) >= 11 is 0. The Morgan fingerprint density at radius 2 is 0.896 bits per heavy atom. The molecule has 2 aliphatic rings. The van der Waals surface area contributed by atoms with Crippen molar-refractivity contribution in [2.75, 3.05) is 9.80 Å². The van der Waals surface area contributed by atoms with E-state index in [9.17, 15) is 10.5 Å². The Morgan fingerprint density at radius 3 is 1.47 bits per heavy atom. The van der Waals surface area contributed by atoms with Crippen LogP contribution in [0.4, 0.5) is 34.1 Å². The third-order valence-electron chi connectivity index (χ3n) is 21.7. The highest BCUT2D eigenvalue weighted by molar-refractivity contribution is 6.99. The van der Waals surface area contributed by atoms with E-state index >= 15 is 0 Å². The summed E-state index contributed by atoms with van der Waals surface area (Å²) in [5, 5.41) is 24.5. The first-order valence-electron chi connectivity index (χ1n) is 36.6. The molecular formula is C94H81B6N5O. The summed E-state index contributed by atoms with van der Waals surface area (Å²) in [5.74, 6) is 1.40. The summed E-state index contributed by atoms with van der Waals surface area (Å²) in [7, 11) is 34.2. The van der Waals surface area contributed by atoms with Crippen LogP contribution >= 0.6 is 0 Å². The first-order valence-corrected chi connectivity index (χ1v) is 36.6. The van der Waals surface area contributed by atoms with E-state index in [4.69, 9.17) is 44.0 Å². The lowest BCUT2D eigenvalue weighted by Gasteiger charge is -2.41. The summed E-state index contributed by atoms with van der Waals surface area (Å²) < 4.78 is 10.0. The summed E-state index contributed by atoms with van der Waals surface area (Å²) in [6.07, 6.45) is 0. The van der Waals surface area contributed by atoms with Crippen molar-refractivity contribution in [3.05, 3.63) is 257 Å². The number of hydrogen-bond acceptors (Lipinski definition) is 5. The summed E-state index contributed by atoms with van der Waals surface area (Å²) in [6.45, 7) is 33.7. The standard InChI is InChI=1S/C94H81B6N5O/c1-90(2,3)61-30-37-76(70(48-61)55-22-18-16-19-23-55)105-79-43-56(69-40-54(52-101)26-36-75(69)104(66-24-20-17-21-25-66)89-86(98)84(96)83(95)85(97)87(89)99)28-34-73(79)100-74-35-29-57(45-81(74)106-82-46-60(44-80(105)88(82)100)59-41-64(93(10,11)12)47-65(42-59)94(13,14)15)68-51-67(33-27-58(68)53-102)103-77-38-31-62(91(4,5)6)49-71(77)72-50-63(92(7,8)9)32-39-78(72)103/h16-51H,1-15H3. The first kappa shape index (κ1) is 70.9. The average molecular weight is 1360 g/mol. The van der Waals surface area contributed by atoms with Gasteiger partial charge in [0.05, 0.1) is 45.7 Å². The van der Waals surface area contributed by atoms with E-state index in [1.807, 2.05) is 53.4 Å². The smallest absolute Gasteiger partial charge is 0.256 e. The molecule has 0 aliphatic carbocycles. The monoisotopic (exact) mass is 1360 g/mol. The van der Waals surface area contributed by atoms with Crippen molar-refractivity contribution in [2.24, 2.45) is 0 Å². The Labute approximate surface area is 633 Å². The molecule has 10 radical (unpaired) electrons. The predicted octanol–water partition coefficient (Wildman–Crippen LogP) is 17.5. The fraction of sp³-hybridized carbons (Fsp3) is 0.213. The number of fused-ring (bicyclic) bond motifs is 7. The third-order valence-corrected chi connectivity index (χ3v) is 21.7. The Hall–Kier alpha value is -10.8. The average Bonchev–Trinajstić information content (AvgIpc) is 0.875. The van der Waals surface area contributed by atoms with Crippen molar-refractivity contribution in [1.29, 1.82) is 10.5 Å². The zero-order valence-electron chi connectivity index (χ0n) is 63.4. The van der Waals surface area contributed by atoms with Crippen LogP contribution in [-0.4, -0.2) is 50.5 Å². The van der Waals surface area contributed by atoms with Crippen molar-refractivity contribution in [3.63, 3.8) is 0 Å². The molecule has 0 bridgehead atoms. The maximum Gasteiger partial charge on any atom is 0.256 e. The van der Waals surface area contributed by atoms with Gasteiger partial charge in [0.1, 0.15) is 50.7 Å². The third kappa shape index (κ3) is 12.3. The van der Waals surface area contributed by atoms with Crippen molar-refractivity contribution >= 4 is 146 Å². The molecule has 13 aromatic rings. The minimum atomic E-state index is -0.390. The van der Waals surface area contributed by atoms with Gasteiger partial charge in [0.2, 0.25) is 0 Å². The Kier molecular flexibility index (Phi) is 17.2. The summed E-state index contributed by atoms with van der Waals surface area (Å²) in [4.78, 5) is 4.41. The predicted molar refractivity (Wildman–Crippen MR) is 453 cm³/mol. The molecule has 0 fully saturated rings. The molecule has 0 spiro atoms. The molecule has 3 heterocycles. The molecule has 6 nitrogen and oxygen atoms in total. The number of benzene rings is 12. The van der Waals surface area contributed by atoms with Gasteiger partial charge in [-0.05, 0) is 208 Å². The van der Waals surface area contributed by atoms with E-state index in [0.717, 1.165) is 94.9 Å². The molecule has 12 heteroatoms. The highest BCUT2D eigenvalue weighted by Gasteiger charge is 2.44. The fourth-order valence-electron chi connectivity index (χ4n) is 15.5. The van der Waals surface area contributed by atoms with Gasteiger partial charge in [-0.15, -0.1) is 16.4 Å². The number of para-hydroxylation sites is 1. The van der Waals surface area contributed by atoms with Crippen molar-refractivity contribution in [1.82, 2.24) is 4.57 Å². The molecule has 2 aliphatic heterocycles. The van der Waals surface area contributed by atoms with Gasteiger partial charge in [-0.3, -0.25) is 0 Å². The number of nitriles is 2. The van der Waals surface area contributed by atoms with Crippen LogP contribution in [0.5, 0.6) is 11.5 Å². The second-order valence-electron chi connectivity index (χ2n) is 34.0. The van der Waals surface area contributed by atoms with Gasteiger partial charge in [-0.2, -0.15) is 10.5 Å². The number of aromatic nitrogens is 1. The van der Waals surface area contributed by atoms with E-state index < -0.39 is 6.71 Å². The Morgan fingerprint density at radius 1 is 0.377 bits per heavy atom. The molecule has 0 saturated heterocycles. The highest BCUT2D eigenvalue weighted by atomic mass is 16.5. The minimum Gasteiger partial charge on any atom is -0.458 e. The topological polar surface area (TPSA) is 68.2 Å². The molecule has 506 valence electrons. The molecule has 106 heavy (non-hydrogen) atoms. The Bertz CT molecular complexity index is 5750. The summed E-state index contributed by atoms with van der Waals surface area (Å²) in [5.41, 5.74) is 24.9. The molecule has 0 atom stereocenters. The Balaban J connectivity index is 1.01. The van der Waals surface area contributed by atoms with Gasteiger partial charge in [-0.25, -0.2) is 0 Å². The van der Waals surface area contributed by atoms with E-state index in [2.05, 4.69) is 289 Å². The van der Waals surface area contributed by atoms with E-state index in [0.29, 0.717) is 39.5 Å². The van der Waals surface area contributed by atoms with Gasteiger partial charge >= 0.3 is 0 Å². The van der Waals surface area contributed by atoms with Crippen LogP contribution < -0.4 is 58.2 Å². The van der Waals surface area contributed by atoms with E-state index in [1.165, 1.54) is 38.6 Å². The molecule has 1 aromatic heterocycles. The van der Waals surface area contributed by atoms with Gasteiger partial charge in [0, 0.05) is 55.9 Å². The number of ether oxygens (including phenoxy) is 1. The largest absolute Gasteiger partial charge is 0.458 e. The molecule has 12 aromatic carbocycles. The molecule has 0 N–H and O–H groups in total. The lowest BCUT2D eigenvalue weighted by Crippen LogP contribution is -2.59. The number of hydrogen-bond donors (Lipinski definition) is 0. The van der Waals surface area contributed by atoms with Crippen LogP contribution in [0.15, 0.2) is 218 Å². The first-order chi connectivity index (χ1) is 50.2. The van der Waals surface area contributed by atoms with Crippen molar-refractivity contribution in [2.45, 2.75) is 131 Å².